The third-order valence-electron chi connectivity index (χ3n) is 4.87. The van der Waals surface area contributed by atoms with E-state index < -0.39 is 35.8 Å². The van der Waals surface area contributed by atoms with Crippen LogP contribution in [0.1, 0.15) is 36.8 Å². The molecule has 31 heavy (non-hydrogen) atoms. The molecule has 3 aromatic rings. The fourth-order valence-corrected chi connectivity index (χ4v) is 3.31. The SMILES string of the molecule is CC(C)(C)[C@H](NC(=O)c1nn(Cc2ccccc2)c2ccccc12)C(=O)NCC(=O)O. The molecule has 8 nitrogen and oxygen atoms in total. The number of para-hydroxylation sites is 1. The van der Waals surface area contributed by atoms with Crippen molar-refractivity contribution >= 4 is 28.7 Å². The summed E-state index contributed by atoms with van der Waals surface area (Å²) in [6, 6.07) is 16.3. The summed E-state index contributed by atoms with van der Waals surface area (Å²) in [5.41, 5.74) is 1.43. The predicted octanol–water partition coefficient (Wildman–Crippen LogP) is 2.43. The van der Waals surface area contributed by atoms with Crippen molar-refractivity contribution in [1.29, 1.82) is 0 Å². The smallest absolute Gasteiger partial charge is 0.322 e. The third-order valence-corrected chi connectivity index (χ3v) is 4.87. The summed E-state index contributed by atoms with van der Waals surface area (Å²) in [5.74, 6) is -2.21. The first-order chi connectivity index (χ1) is 14.7. The van der Waals surface area contributed by atoms with Gasteiger partial charge in [-0.1, -0.05) is 69.3 Å². The number of carbonyl (C=O) groups is 3. The Morgan fingerprint density at radius 2 is 1.68 bits per heavy atom. The van der Waals surface area contributed by atoms with E-state index >= 15 is 0 Å². The number of fused-ring (bicyclic) bond motifs is 1. The summed E-state index contributed by atoms with van der Waals surface area (Å²) >= 11 is 0. The topological polar surface area (TPSA) is 113 Å². The molecule has 1 atom stereocenters. The number of carboxylic acids is 1. The summed E-state index contributed by atoms with van der Waals surface area (Å²) in [7, 11) is 0. The minimum atomic E-state index is -1.15. The Balaban J connectivity index is 1.90. The predicted molar refractivity (Wildman–Crippen MR) is 117 cm³/mol. The minimum absolute atomic E-state index is 0.215. The van der Waals surface area contributed by atoms with Gasteiger partial charge in [0, 0.05) is 5.39 Å². The largest absolute Gasteiger partial charge is 0.480 e. The van der Waals surface area contributed by atoms with Crippen LogP contribution in [0.2, 0.25) is 0 Å². The van der Waals surface area contributed by atoms with Crippen LogP contribution in [0.3, 0.4) is 0 Å². The number of benzene rings is 2. The molecule has 0 saturated heterocycles. The first-order valence-electron chi connectivity index (χ1n) is 9.96. The van der Waals surface area contributed by atoms with Crippen molar-refractivity contribution < 1.29 is 19.5 Å². The van der Waals surface area contributed by atoms with Crippen molar-refractivity contribution in [2.24, 2.45) is 5.41 Å². The normalized spacial score (nSPS) is 12.4. The van der Waals surface area contributed by atoms with E-state index in [1.165, 1.54) is 0 Å². The van der Waals surface area contributed by atoms with E-state index in [4.69, 9.17) is 5.11 Å². The Morgan fingerprint density at radius 3 is 2.32 bits per heavy atom. The van der Waals surface area contributed by atoms with Crippen molar-refractivity contribution in [3.63, 3.8) is 0 Å². The van der Waals surface area contributed by atoms with Crippen LogP contribution in [0.4, 0.5) is 0 Å². The Kier molecular flexibility index (Phi) is 6.39. The van der Waals surface area contributed by atoms with Gasteiger partial charge in [-0.25, -0.2) is 0 Å². The van der Waals surface area contributed by atoms with Crippen molar-refractivity contribution in [3.8, 4) is 0 Å². The van der Waals surface area contributed by atoms with Gasteiger partial charge in [-0.3, -0.25) is 19.1 Å². The van der Waals surface area contributed by atoms with Gasteiger partial charge in [-0.2, -0.15) is 5.10 Å². The van der Waals surface area contributed by atoms with Crippen molar-refractivity contribution in [1.82, 2.24) is 20.4 Å². The Morgan fingerprint density at radius 1 is 1.03 bits per heavy atom. The second-order valence-corrected chi connectivity index (χ2v) is 8.39. The van der Waals surface area contributed by atoms with Crippen LogP contribution < -0.4 is 10.6 Å². The first kappa shape index (κ1) is 22.0. The molecular formula is C23H26N4O4. The highest BCUT2D eigenvalue weighted by molar-refractivity contribution is 6.06. The van der Waals surface area contributed by atoms with Crippen LogP contribution in [0.25, 0.3) is 10.9 Å². The van der Waals surface area contributed by atoms with Gasteiger partial charge in [0.25, 0.3) is 5.91 Å². The first-order valence-corrected chi connectivity index (χ1v) is 9.96. The number of aromatic nitrogens is 2. The Bertz CT molecular complexity index is 1100. The minimum Gasteiger partial charge on any atom is -0.480 e. The molecule has 1 aromatic heterocycles. The van der Waals surface area contributed by atoms with Crippen molar-refractivity contribution in [3.05, 3.63) is 65.9 Å². The molecule has 0 aliphatic rings. The van der Waals surface area contributed by atoms with E-state index in [0.717, 1.165) is 11.1 Å². The highest BCUT2D eigenvalue weighted by Gasteiger charge is 2.34. The number of hydrogen-bond acceptors (Lipinski definition) is 4. The fraction of sp³-hybridized carbons (Fsp3) is 0.304. The molecule has 3 rings (SSSR count). The van der Waals surface area contributed by atoms with Gasteiger partial charge in [-0.05, 0) is 17.0 Å². The van der Waals surface area contributed by atoms with Crippen LogP contribution in [-0.4, -0.2) is 45.3 Å². The molecule has 2 aromatic carbocycles. The zero-order chi connectivity index (χ0) is 22.6. The molecule has 8 heteroatoms. The number of amides is 2. The lowest BCUT2D eigenvalue weighted by Crippen LogP contribution is -2.54. The quantitative estimate of drug-likeness (QED) is 0.541. The number of nitrogens with one attached hydrogen (secondary N) is 2. The summed E-state index contributed by atoms with van der Waals surface area (Å²) < 4.78 is 1.76. The molecular weight excluding hydrogens is 396 g/mol. The maximum Gasteiger partial charge on any atom is 0.322 e. The highest BCUT2D eigenvalue weighted by Crippen LogP contribution is 2.23. The van der Waals surface area contributed by atoms with Crippen LogP contribution in [0.15, 0.2) is 54.6 Å². The maximum atomic E-state index is 13.1. The van der Waals surface area contributed by atoms with E-state index in [1.54, 1.807) is 25.5 Å². The zero-order valence-electron chi connectivity index (χ0n) is 17.8. The summed E-state index contributed by atoms with van der Waals surface area (Å²) in [4.78, 5) is 36.5. The van der Waals surface area contributed by atoms with Gasteiger partial charge in [0.1, 0.15) is 12.6 Å². The molecule has 0 saturated carbocycles. The standard InChI is InChI=1S/C23H26N4O4/c1-23(2,3)20(22(31)24-13-18(28)29)25-21(30)19-16-11-7-8-12-17(16)27(26-19)14-15-9-5-4-6-10-15/h4-12,20H,13-14H2,1-3H3,(H,24,31)(H,25,30)(H,28,29)/t20-/m1/s1. The molecule has 0 unspecified atom stereocenters. The molecule has 0 radical (unpaired) electrons. The molecule has 0 bridgehead atoms. The van der Waals surface area contributed by atoms with Gasteiger partial charge >= 0.3 is 5.97 Å². The molecule has 1 heterocycles. The van der Waals surface area contributed by atoms with Gasteiger partial charge in [0.15, 0.2) is 5.69 Å². The molecule has 0 spiro atoms. The lowest BCUT2D eigenvalue weighted by Gasteiger charge is -2.30. The van der Waals surface area contributed by atoms with E-state index in [9.17, 15) is 14.4 Å². The zero-order valence-corrected chi connectivity index (χ0v) is 17.8. The van der Waals surface area contributed by atoms with Crippen LogP contribution >= 0.6 is 0 Å². The molecule has 162 valence electrons. The number of aliphatic carboxylic acids is 1. The van der Waals surface area contributed by atoms with E-state index in [2.05, 4.69) is 15.7 Å². The van der Waals surface area contributed by atoms with Crippen molar-refractivity contribution in [2.75, 3.05) is 6.54 Å². The summed E-state index contributed by atoms with van der Waals surface area (Å²) in [6.45, 7) is 5.37. The van der Waals surface area contributed by atoms with Gasteiger partial charge in [0.2, 0.25) is 5.91 Å². The third kappa shape index (κ3) is 5.28. The number of hydrogen-bond donors (Lipinski definition) is 3. The number of nitrogens with zero attached hydrogens (tertiary/aromatic N) is 2. The van der Waals surface area contributed by atoms with Crippen LogP contribution in [-0.2, 0) is 16.1 Å². The van der Waals surface area contributed by atoms with Crippen LogP contribution in [0.5, 0.6) is 0 Å². The average molecular weight is 422 g/mol. The van der Waals surface area contributed by atoms with Crippen LogP contribution in [0, 0.1) is 5.41 Å². The lowest BCUT2D eigenvalue weighted by molar-refractivity contribution is -0.138. The molecule has 0 fully saturated rings. The van der Waals surface area contributed by atoms with Gasteiger partial charge < -0.3 is 15.7 Å². The number of carboxylic acid groups (broad SMARTS) is 1. The molecule has 0 aliphatic carbocycles. The molecule has 3 N–H and O–H groups in total. The second kappa shape index (κ2) is 8.99. The molecule has 2 amide bonds. The van der Waals surface area contributed by atoms with Gasteiger partial charge in [0.05, 0.1) is 12.1 Å². The number of carbonyl (C=O) groups excluding carboxylic acids is 2. The maximum absolute atomic E-state index is 13.1. The van der Waals surface area contributed by atoms with Crippen molar-refractivity contribution in [2.45, 2.75) is 33.4 Å². The second-order valence-electron chi connectivity index (χ2n) is 8.39. The average Bonchev–Trinajstić information content (AvgIpc) is 3.08. The van der Waals surface area contributed by atoms with E-state index in [-0.39, 0.29) is 5.69 Å². The summed E-state index contributed by atoms with van der Waals surface area (Å²) in [5, 5.41) is 19.1. The number of rotatable bonds is 7. The Labute approximate surface area is 180 Å². The Hall–Kier alpha value is -3.68. The molecule has 0 aliphatic heterocycles. The fourth-order valence-electron chi connectivity index (χ4n) is 3.31. The lowest BCUT2D eigenvalue weighted by atomic mass is 9.86. The monoisotopic (exact) mass is 422 g/mol. The van der Waals surface area contributed by atoms with E-state index in [0.29, 0.717) is 11.9 Å². The summed E-state index contributed by atoms with van der Waals surface area (Å²) in [6.07, 6.45) is 0. The highest BCUT2D eigenvalue weighted by atomic mass is 16.4. The van der Waals surface area contributed by atoms with Gasteiger partial charge in [-0.15, -0.1) is 0 Å². The van der Waals surface area contributed by atoms with E-state index in [1.807, 2.05) is 54.6 Å².